The lowest BCUT2D eigenvalue weighted by molar-refractivity contribution is 0.642. The van der Waals surface area contributed by atoms with E-state index < -0.39 is 0 Å². The van der Waals surface area contributed by atoms with E-state index in [1.165, 1.54) is 59.8 Å². The molecule has 0 fully saturated rings. The van der Waals surface area contributed by atoms with Crippen LogP contribution in [0.5, 0.6) is 0 Å². The molecule has 2 heterocycles. The van der Waals surface area contributed by atoms with Gasteiger partial charge in [-0.25, -0.2) is 0 Å². The van der Waals surface area contributed by atoms with Crippen molar-refractivity contribution < 1.29 is 8.83 Å². The van der Waals surface area contributed by atoms with Gasteiger partial charge in [0.05, 0.1) is 11.4 Å². The molecule has 0 radical (unpaired) electrons. The molecule has 0 N–H and O–H groups in total. The second-order valence-corrected chi connectivity index (χ2v) is 15.6. The normalized spacial score (nSPS) is 12.6. The molecule has 10 aromatic carbocycles. The third kappa shape index (κ3) is 5.13. The van der Waals surface area contributed by atoms with Crippen molar-refractivity contribution in [3.05, 3.63) is 211 Å². The van der Waals surface area contributed by atoms with Gasteiger partial charge in [0.1, 0.15) is 16.7 Å². The molecule has 3 heteroatoms. The summed E-state index contributed by atoms with van der Waals surface area (Å²) in [7, 11) is 0. The summed E-state index contributed by atoms with van der Waals surface area (Å²) in [5, 5.41) is 12.2. The van der Waals surface area contributed by atoms with Gasteiger partial charge in [-0.3, -0.25) is 0 Å². The van der Waals surface area contributed by atoms with E-state index in [1.807, 2.05) is 12.1 Å². The van der Waals surface area contributed by atoms with Crippen LogP contribution in [0.3, 0.4) is 0 Å². The Labute approximate surface area is 335 Å². The lowest BCUT2D eigenvalue weighted by Crippen LogP contribution is -2.11. The maximum absolute atomic E-state index is 6.66. The van der Waals surface area contributed by atoms with Gasteiger partial charge in [0, 0.05) is 32.6 Å². The Morgan fingerprint density at radius 3 is 1.67 bits per heavy atom. The van der Waals surface area contributed by atoms with Crippen molar-refractivity contribution in [3.63, 3.8) is 0 Å². The molecule has 3 nitrogen and oxygen atoms in total. The molecule has 0 amide bonds. The third-order valence-electron chi connectivity index (χ3n) is 12.3. The van der Waals surface area contributed by atoms with E-state index in [2.05, 4.69) is 187 Å². The number of hydrogen-bond acceptors (Lipinski definition) is 3. The van der Waals surface area contributed by atoms with E-state index in [4.69, 9.17) is 8.83 Å². The molecule has 0 saturated heterocycles. The average Bonchev–Trinajstić information content (AvgIpc) is 3.87. The van der Waals surface area contributed by atoms with Crippen LogP contribution >= 0.6 is 0 Å². The number of furan rings is 2. The molecule has 2 aromatic heterocycles. The van der Waals surface area contributed by atoms with E-state index in [1.54, 1.807) is 0 Å². The van der Waals surface area contributed by atoms with Crippen LogP contribution in [0.25, 0.3) is 76.2 Å². The molecular weight excluding hydrogens is 707 g/mol. The van der Waals surface area contributed by atoms with Crippen LogP contribution in [-0.4, -0.2) is 0 Å². The molecule has 274 valence electrons. The summed E-state index contributed by atoms with van der Waals surface area (Å²) in [5.74, 6) is 0.243. The van der Waals surface area contributed by atoms with E-state index in [9.17, 15) is 0 Å². The van der Waals surface area contributed by atoms with E-state index >= 15 is 0 Å². The second-order valence-electron chi connectivity index (χ2n) is 15.6. The van der Waals surface area contributed by atoms with Gasteiger partial charge >= 0.3 is 0 Å². The topological polar surface area (TPSA) is 29.5 Å². The number of benzene rings is 10. The van der Waals surface area contributed by atoms with Crippen molar-refractivity contribution in [2.75, 3.05) is 4.90 Å². The zero-order chi connectivity index (χ0) is 38.2. The van der Waals surface area contributed by atoms with Crippen LogP contribution in [-0.2, 0) is 12.8 Å². The Balaban J connectivity index is 1.03. The second kappa shape index (κ2) is 13.1. The van der Waals surface area contributed by atoms with E-state index in [0.29, 0.717) is 0 Å². The van der Waals surface area contributed by atoms with Crippen molar-refractivity contribution in [3.8, 4) is 0 Å². The highest BCUT2D eigenvalue weighted by molar-refractivity contribution is 6.26. The zero-order valence-corrected chi connectivity index (χ0v) is 31.7. The molecule has 1 atom stereocenters. The first-order valence-corrected chi connectivity index (χ1v) is 20.2. The Morgan fingerprint density at radius 2 is 0.914 bits per heavy atom. The molecule has 12 rings (SSSR count). The molecule has 0 spiro atoms. The summed E-state index contributed by atoms with van der Waals surface area (Å²) in [5.41, 5.74) is 10.8. The molecule has 1 unspecified atom stereocenters. The maximum Gasteiger partial charge on any atom is 0.159 e. The quantitative estimate of drug-likeness (QED) is 0.145. The maximum atomic E-state index is 6.66. The number of rotatable bonds is 8. The summed E-state index contributed by atoms with van der Waals surface area (Å²) in [4.78, 5) is 2.38. The fourth-order valence-electron chi connectivity index (χ4n) is 9.64. The monoisotopic (exact) mass is 743 g/mol. The van der Waals surface area contributed by atoms with E-state index in [-0.39, 0.29) is 5.92 Å². The number of fused-ring (bicyclic) bond motifs is 6. The van der Waals surface area contributed by atoms with Gasteiger partial charge in [-0.15, -0.1) is 0 Å². The first kappa shape index (κ1) is 32.8. The van der Waals surface area contributed by atoms with Crippen LogP contribution < -0.4 is 4.90 Å². The molecular formula is C55H37NO2. The van der Waals surface area contributed by atoms with Gasteiger partial charge in [-0.1, -0.05) is 158 Å². The first-order valence-electron chi connectivity index (χ1n) is 20.2. The predicted octanol–water partition coefficient (Wildman–Crippen LogP) is 15.4. The lowest BCUT2D eigenvalue weighted by atomic mass is 9.83. The minimum atomic E-state index is 0.243. The van der Waals surface area contributed by atoms with Gasteiger partial charge in [0.15, 0.2) is 5.58 Å². The molecule has 0 aliphatic heterocycles. The van der Waals surface area contributed by atoms with Crippen LogP contribution in [0, 0.1) is 0 Å². The highest BCUT2D eigenvalue weighted by atomic mass is 16.3. The van der Waals surface area contributed by atoms with Crippen molar-refractivity contribution in [2.45, 2.75) is 18.8 Å². The van der Waals surface area contributed by atoms with Gasteiger partial charge in [-0.05, 0) is 98.8 Å². The van der Waals surface area contributed by atoms with Crippen molar-refractivity contribution in [1.29, 1.82) is 0 Å². The SMILES string of the molecule is c1ccc(C(Cc2ccc3ccc4c(N(c5ccccc5)c5cccc6c5oc5ccccc56)ccc5ccc2c3c54)Cc2cccc3c2oc2ccccc23)cc1. The first-order chi connectivity index (χ1) is 28.8. The number of para-hydroxylation sites is 5. The van der Waals surface area contributed by atoms with Crippen LogP contribution in [0.4, 0.5) is 17.1 Å². The summed E-state index contributed by atoms with van der Waals surface area (Å²) in [6.45, 7) is 0. The number of hydrogen-bond donors (Lipinski definition) is 0. The fraction of sp³-hybridized carbons (Fsp3) is 0.0545. The minimum absolute atomic E-state index is 0.243. The molecule has 0 bridgehead atoms. The molecule has 0 aliphatic rings. The third-order valence-corrected chi connectivity index (χ3v) is 12.3. The number of nitrogens with zero attached hydrogens (tertiary/aromatic N) is 1. The summed E-state index contributed by atoms with van der Waals surface area (Å²) < 4.78 is 13.2. The Bertz CT molecular complexity index is 3470. The molecule has 0 aliphatic carbocycles. The highest BCUT2D eigenvalue weighted by Crippen LogP contribution is 2.47. The smallest absolute Gasteiger partial charge is 0.159 e. The fourth-order valence-corrected chi connectivity index (χ4v) is 9.64. The zero-order valence-electron chi connectivity index (χ0n) is 31.7. The van der Waals surface area contributed by atoms with Crippen LogP contribution in [0.2, 0.25) is 0 Å². The van der Waals surface area contributed by atoms with Gasteiger partial charge in [0.2, 0.25) is 0 Å². The summed E-state index contributed by atoms with van der Waals surface area (Å²) in [6, 6.07) is 70.1. The molecule has 12 aromatic rings. The Kier molecular flexibility index (Phi) is 7.42. The van der Waals surface area contributed by atoms with Gasteiger partial charge in [-0.2, -0.15) is 0 Å². The molecule has 0 saturated carbocycles. The molecule has 58 heavy (non-hydrogen) atoms. The van der Waals surface area contributed by atoms with Crippen molar-refractivity contribution in [2.24, 2.45) is 0 Å². The van der Waals surface area contributed by atoms with Gasteiger partial charge in [0.25, 0.3) is 0 Å². The Hall–Kier alpha value is -7.36. The van der Waals surface area contributed by atoms with Crippen LogP contribution in [0.1, 0.15) is 22.6 Å². The van der Waals surface area contributed by atoms with Gasteiger partial charge < -0.3 is 13.7 Å². The van der Waals surface area contributed by atoms with Crippen LogP contribution in [0.15, 0.2) is 203 Å². The summed E-state index contributed by atoms with van der Waals surface area (Å²) in [6.07, 6.45) is 1.76. The Morgan fingerprint density at radius 1 is 0.362 bits per heavy atom. The summed E-state index contributed by atoms with van der Waals surface area (Å²) >= 11 is 0. The largest absolute Gasteiger partial charge is 0.456 e. The minimum Gasteiger partial charge on any atom is -0.456 e. The van der Waals surface area contributed by atoms with E-state index in [0.717, 1.165) is 63.0 Å². The lowest BCUT2D eigenvalue weighted by Gasteiger charge is -2.28. The predicted molar refractivity (Wildman–Crippen MR) is 242 cm³/mol. The average molecular weight is 744 g/mol. The van der Waals surface area contributed by atoms with Crippen molar-refractivity contribution in [1.82, 2.24) is 0 Å². The van der Waals surface area contributed by atoms with Crippen molar-refractivity contribution >= 4 is 93.3 Å². The standard InChI is InChI=1S/C55H37NO2/c1-3-13-35(14-4-1)40(34-39-15-11-20-45-43-18-7-9-23-50(43)57-54(39)45)33-38-26-25-36-28-31-47-48(32-29-37-27-30-42(38)52(36)53(37)47)56(41-16-5-2-6-17-41)49-22-12-21-46-44-19-8-10-24-51(44)58-55(46)49/h1-32,40H,33-34H2. The number of anilines is 3. The highest BCUT2D eigenvalue weighted by Gasteiger charge is 2.24.